The van der Waals surface area contributed by atoms with Gasteiger partial charge in [-0.2, -0.15) is 0 Å². The van der Waals surface area contributed by atoms with Crippen LogP contribution in [0.4, 0.5) is 17.1 Å². The van der Waals surface area contributed by atoms with Crippen molar-refractivity contribution in [2.24, 2.45) is 0 Å². The lowest BCUT2D eigenvalue weighted by Crippen LogP contribution is -2.09. The summed E-state index contributed by atoms with van der Waals surface area (Å²) in [5.41, 5.74) is 16.5. The molecule has 0 fully saturated rings. The van der Waals surface area contributed by atoms with Crippen LogP contribution >= 0.6 is 11.3 Å². The van der Waals surface area contributed by atoms with Crippen LogP contribution in [0.3, 0.4) is 0 Å². The summed E-state index contributed by atoms with van der Waals surface area (Å²) in [6.07, 6.45) is 0. The van der Waals surface area contributed by atoms with Gasteiger partial charge < -0.3 is 9.47 Å². The van der Waals surface area contributed by atoms with E-state index in [4.69, 9.17) is 0 Å². The van der Waals surface area contributed by atoms with Gasteiger partial charge in [0.1, 0.15) is 0 Å². The Morgan fingerprint density at radius 2 is 0.730 bits per heavy atom. The highest BCUT2D eigenvalue weighted by Crippen LogP contribution is 2.43. The predicted octanol–water partition coefficient (Wildman–Crippen LogP) is 17.3. The Balaban J connectivity index is 0.943. The highest BCUT2D eigenvalue weighted by molar-refractivity contribution is 7.25. The van der Waals surface area contributed by atoms with Crippen LogP contribution in [-0.4, -0.2) is 4.57 Å². The zero-order chi connectivity index (χ0) is 41.7. The fourth-order valence-electron chi connectivity index (χ4n) is 9.43. The second kappa shape index (κ2) is 15.5. The van der Waals surface area contributed by atoms with E-state index in [0.717, 1.165) is 22.7 Å². The van der Waals surface area contributed by atoms with E-state index in [-0.39, 0.29) is 0 Å². The van der Waals surface area contributed by atoms with Crippen molar-refractivity contribution < 1.29 is 0 Å². The van der Waals surface area contributed by atoms with Crippen molar-refractivity contribution in [2.45, 2.75) is 0 Å². The summed E-state index contributed by atoms with van der Waals surface area (Å²) in [5.74, 6) is 0. The lowest BCUT2D eigenvalue weighted by atomic mass is 9.93. The van der Waals surface area contributed by atoms with Crippen molar-refractivity contribution in [3.05, 3.63) is 243 Å². The second-order valence-electron chi connectivity index (χ2n) is 16.1. The molecular weight excluding hydrogens is 781 g/mol. The number of fused-ring (bicyclic) bond motifs is 6. The third-order valence-corrected chi connectivity index (χ3v) is 13.6. The minimum Gasteiger partial charge on any atom is -0.310 e. The highest BCUT2D eigenvalue weighted by Gasteiger charge is 2.19. The minimum absolute atomic E-state index is 1.10. The minimum atomic E-state index is 1.10. The molecule has 296 valence electrons. The maximum absolute atomic E-state index is 2.43. The molecule has 2 heterocycles. The maximum atomic E-state index is 2.43. The first-order valence-corrected chi connectivity index (χ1v) is 22.3. The van der Waals surface area contributed by atoms with E-state index in [0.29, 0.717) is 0 Å². The summed E-state index contributed by atoms with van der Waals surface area (Å²) >= 11 is 1.85. The zero-order valence-electron chi connectivity index (χ0n) is 34.4. The quantitative estimate of drug-likeness (QED) is 0.148. The van der Waals surface area contributed by atoms with Gasteiger partial charge in [0.05, 0.1) is 16.7 Å². The smallest absolute Gasteiger partial charge is 0.0541 e. The van der Waals surface area contributed by atoms with Gasteiger partial charge in [0.2, 0.25) is 0 Å². The number of aromatic nitrogens is 1. The molecule has 0 saturated heterocycles. The topological polar surface area (TPSA) is 8.17 Å². The van der Waals surface area contributed by atoms with Gasteiger partial charge in [0, 0.05) is 53.6 Å². The normalized spacial score (nSPS) is 11.5. The fraction of sp³-hybridized carbons (Fsp3) is 0. The summed E-state index contributed by atoms with van der Waals surface area (Å²) < 4.78 is 5.03. The molecule has 0 unspecified atom stereocenters. The fourth-order valence-corrected chi connectivity index (χ4v) is 10.5. The first-order valence-electron chi connectivity index (χ1n) is 21.5. The van der Waals surface area contributed by atoms with E-state index in [2.05, 4.69) is 252 Å². The molecule has 12 aromatic rings. The van der Waals surface area contributed by atoms with E-state index in [1.807, 2.05) is 11.3 Å². The number of para-hydroxylation sites is 3. The molecule has 0 aliphatic rings. The maximum Gasteiger partial charge on any atom is 0.0541 e. The SMILES string of the molecule is c1ccc(-c2ccc(-c3ccc(N(c4ccc(-c5ccccc5-c5ccccc5-n5c6ccccc6c6ccccc65)cc4)c4ccc5sc6ccccc6c5c4)cc3)cc2)cc1. The standard InChI is InChI=1S/C60H40N2S/c1-2-14-41(15-3-1)42-26-28-43(29-27-42)44-30-34-46(35-31-44)61(48-38-39-60-55(40-48)54-21-9-13-25-59(54)63-60)47-36-32-45(33-37-47)49-16-4-5-17-50(49)51-18-6-10-22-56(51)62-57-23-11-7-19-52(57)53-20-8-12-24-58(53)62/h1-40H. The van der Waals surface area contributed by atoms with Gasteiger partial charge >= 0.3 is 0 Å². The third kappa shape index (κ3) is 6.50. The molecule has 63 heavy (non-hydrogen) atoms. The van der Waals surface area contributed by atoms with Crippen molar-refractivity contribution >= 4 is 70.4 Å². The van der Waals surface area contributed by atoms with Crippen molar-refractivity contribution in [2.75, 3.05) is 4.90 Å². The van der Waals surface area contributed by atoms with E-state index in [1.165, 1.54) is 86.5 Å². The lowest BCUT2D eigenvalue weighted by molar-refractivity contribution is 1.18. The van der Waals surface area contributed by atoms with E-state index >= 15 is 0 Å². The van der Waals surface area contributed by atoms with Crippen LogP contribution < -0.4 is 4.90 Å². The summed E-state index contributed by atoms with van der Waals surface area (Å²) in [4.78, 5) is 2.39. The van der Waals surface area contributed by atoms with Crippen molar-refractivity contribution in [3.8, 4) is 50.2 Å². The molecule has 2 nitrogen and oxygen atoms in total. The van der Waals surface area contributed by atoms with E-state index < -0.39 is 0 Å². The van der Waals surface area contributed by atoms with Crippen LogP contribution in [0.5, 0.6) is 0 Å². The number of hydrogen-bond acceptors (Lipinski definition) is 2. The molecule has 0 atom stereocenters. The number of nitrogens with zero attached hydrogens (tertiary/aromatic N) is 2. The number of rotatable bonds is 8. The lowest BCUT2D eigenvalue weighted by Gasteiger charge is -2.26. The molecule has 0 spiro atoms. The molecule has 0 saturated carbocycles. The molecule has 10 aromatic carbocycles. The number of benzene rings is 10. The Morgan fingerprint density at radius 1 is 0.286 bits per heavy atom. The molecule has 0 bridgehead atoms. The molecule has 2 aromatic heterocycles. The van der Waals surface area contributed by atoms with Gasteiger partial charge in [-0.05, 0) is 106 Å². The van der Waals surface area contributed by atoms with Crippen LogP contribution in [0.15, 0.2) is 243 Å². The molecule has 3 heteroatoms. The van der Waals surface area contributed by atoms with Crippen LogP contribution in [-0.2, 0) is 0 Å². The monoisotopic (exact) mass is 820 g/mol. The van der Waals surface area contributed by atoms with Gasteiger partial charge in [-0.1, -0.05) is 176 Å². The molecule has 0 amide bonds. The predicted molar refractivity (Wildman–Crippen MR) is 270 cm³/mol. The third-order valence-electron chi connectivity index (χ3n) is 12.4. The van der Waals surface area contributed by atoms with Gasteiger partial charge in [-0.25, -0.2) is 0 Å². The summed E-state index contributed by atoms with van der Waals surface area (Å²) in [6, 6.07) is 88.3. The van der Waals surface area contributed by atoms with Gasteiger partial charge in [-0.15, -0.1) is 11.3 Å². The van der Waals surface area contributed by atoms with Gasteiger partial charge in [0.15, 0.2) is 0 Å². The number of hydrogen-bond donors (Lipinski definition) is 0. The van der Waals surface area contributed by atoms with Crippen molar-refractivity contribution in [1.29, 1.82) is 0 Å². The summed E-state index contributed by atoms with van der Waals surface area (Å²) in [5, 5.41) is 5.09. The second-order valence-corrected chi connectivity index (χ2v) is 17.2. The average molecular weight is 821 g/mol. The highest BCUT2D eigenvalue weighted by atomic mass is 32.1. The Hall–Kier alpha value is -7.98. The number of anilines is 3. The Kier molecular flexibility index (Phi) is 9.06. The van der Waals surface area contributed by atoms with E-state index in [1.54, 1.807) is 0 Å². The molecule has 0 aliphatic heterocycles. The molecule has 12 rings (SSSR count). The Labute approximate surface area is 370 Å². The van der Waals surface area contributed by atoms with Gasteiger partial charge in [0.25, 0.3) is 0 Å². The first-order chi connectivity index (χ1) is 31.2. The number of thiophene rings is 1. The van der Waals surface area contributed by atoms with Crippen LogP contribution in [0.2, 0.25) is 0 Å². The summed E-state index contributed by atoms with van der Waals surface area (Å²) in [7, 11) is 0. The van der Waals surface area contributed by atoms with Crippen LogP contribution in [0, 0.1) is 0 Å². The van der Waals surface area contributed by atoms with Crippen LogP contribution in [0.1, 0.15) is 0 Å². The van der Waals surface area contributed by atoms with Crippen molar-refractivity contribution in [1.82, 2.24) is 4.57 Å². The Bertz CT molecular complexity index is 3550. The van der Waals surface area contributed by atoms with Crippen molar-refractivity contribution in [3.63, 3.8) is 0 Å². The first kappa shape index (κ1) is 36.8. The molecule has 0 N–H and O–H groups in total. The molecular formula is C60H40N2S. The summed E-state index contributed by atoms with van der Waals surface area (Å²) in [6.45, 7) is 0. The van der Waals surface area contributed by atoms with Gasteiger partial charge in [-0.3, -0.25) is 0 Å². The largest absolute Gasteiger partial charge is 0.310 e. The zero-order valence-corrected chi connectivity index (χ0v) is 35.2. The molecule has 0 radical (unpaired) electrons. The molecule has 0 aliphatic carbocycles. The van der Waals surface area contributed by atoms with E-state index in [9.17, 15) is 0 Å². The Morgan fingerprint density at radius 3 is 1.38 bits per heavy atom. The van der Waals surface area contributed by atoms with Crippen LogP contribution in [0.25, 0.3) is 92.2 Å². The average Bonchev–Trinajstić information content (AvgIpc) is 3.90.